The van der Waals surface area contributed by atoms with Gasteiger partial charge in [0.2, 0.25) is 0 Å². The lowest BCUT2D eigenvalue weighted by molar-refractivity contribution is 0.985. The highest BCUT2D eigenvalue weighted by Gasteiger charge is 2.29. The van der Waals surface area contributed by atoms with Crippen LogP contribution >= 0.6 is 0 Å². The highest BCUT2D eigenvalue weighted by atomic mass is 15.4. The molecule has 0 amide bonds. The smallest absolute Gasteiger partial charge is 0.137 e. The van der Waals surface area contributed by atoms with Crippen LogP contribution in [-0.2, 0) is 0 Å². The highest BCUT2D eigenvalue weighted by Crippen LogP contribution is 2.45. The van der Waals surface area contributed by atoms with Gasteiger partial charge in [-0.3, -0.25) is 9.55 Å². The topological polar surface area (TPSA) is 37.2 Å². The first kappa shape index (κ1) is 31.5. The molecule has 4 heterocycles. The number of rotatable bonds is 7. The Hall–Kier alpha value is -7.24. The summed E-state index contributed by atoms with van der Waals surface area (Å²) < 4.78 is 2.28. The molecular weight excluding hydrogens is 659 g/mol. The number of aromatic nitrogens is 3. The van der Waals surface area contributed by atoms with Gasteiger partial charge in [0.15, 0.2) is 0 Å². The van der Waals surface area contributed by atoms with Crippen molar-refractivity contribution < 1.29 is 0 Å². The van der Waals surface area contributed by atoms with E-state index < -0.39 is 0 Å². The standard InChI is InChI=1S/C49H35N5/c1-4-16-35(17-5-1)48(36-18-6-2-7-19-36)49(37-27-28-42-41-22-10-11-23-43(41)54(46(42)31-37)47-26-14-15-29-51-47)38-30-40(33-50-32-38)53-34-52(39-20-8-3-9-21-39)44-24-12-13-25-45(44)53/h1-33H,34H2. The summed E-state index contributed by atoms with van der Waals surface area (Å²) in [7, 11) is 0. The van der Waals surface area contributed by atoms with Crippen LogP contribution in [0.5, 0.6) is 0 Å². The van der Waals surface area contributed by atoms with Crippen molar-refractivity contribution in [1.82, 2.24) is 14.5 Å². The second kappa shape index (κ2) is 13.4. The molecule has 0 radical (unpaired) electrons. The second-order valence-electron chi connectivity index (χ2n) is 13.5. The minimum absolute atomic E-state index is 0.675. The van der Waals surface area contributed by atoms with Crippen molar-refractivity contribution in [2.45, 2.75) is 0 Å². The average Bonchev–Trinajstić information content (AvgIpc) is 3.80. The maximum Gasteiger partial charge on any atom is 0.137 e. The Bertz CT molecular complexity index is 2750. The van der Waals surface area contributed by atoms with Gasteiger partial charge in [-0.2, -0.15) is 0 Å². The first-order chi connectivity index (χ1) is 26.8. The Kier molecular flexibility index (Phi) is 7.81. The van der Waals surface area contributed by atoms with Gasteiger partial charge in [0.25, 0.3) is 0 Å². The normalized spacial score (nSPS) is 12.3. The molecule has 0 N–H and O–H groups in total. The van der Waals surface area contributed by atoms with E-state index >= 15 is 0 Å². The summed E-state index contributed by atoms with van der Waals surface area (Å²) in [6, 6.07) is 64.5. The molecule has 5 heteroatoms. The first-order valence-electron chi connectivity index (χ1n) is 18.3. The minimum atomic E-state index is 0.675. The lowest BCUT2D eigenvalue weighted by atomic mass is 9.86. The van der Waals surface area contributed by atoms with E-state index in [9.17, 15) is 0 Å². The Morgan fingerprint density at radius 2 is 1.02 bits per heavy atom. The van der Waals surface area contributed by atoms with Crippen molar-refractivity contribution in [3.8, 4) is 5.82 Å². The van der Waals surface area contributed by atoms with Crippen molar-refractivity contribution in [3.05, 3.63) is 223 Å². The molecule has 0 unspecified atom stereocenters. The number of para-hydroxylation sites is 4. The predicted octanol–water partition coefficient (Wildman–Crippen LogP) is 11.8. The summed E-state index contributed by atoms with van der Waals surface area (Å²) in [6.07, 6.45) is 5.86. The number of pyridine rings is 2. The van der Waals surface area contributed by atoms with Crippen LogP contribution in [0.1, 0.15) is 22.3 Å². The molecule has 3 aromatic heterocycles. The molecule has 0 aliphatic carbocycles. The Labute approximate surface area is 314 Å². The third-order valence-corrected chi connectivity index (χ3v) is 10.4. The molecule has 9 aromatic rings. The summed E-state index contributed by atoms with van der Waals surface area (Å²) in [5.74, 6) is 0.886. The van der Waals surface area contributed by atoms with Crippen LogP contribution in [0, 0.1) is 0 Å². The number of benzene rings is 6. The van der Waals surface area contributed by atoms with Crippen molar-refractivity contribution >= 4 is 55.7 Å². The molecule has 6 aromatic carbocycles. The molecule has 256 valence electrons. The molecule has 0 atom stereocenters. The fourth-order valence-electron chi connectivity index (χ4n) is 7.96. The van der Waals surface area contributed by atoms with E-state index in [1.807, 2.05) is 30.7 Å². The van der Waals surface area contributed by atoms with Crippen LogP contribution in [0.3, 0.4) is 0 Å². The van der Waals surface area contributed by atoms with Crippen molar-refractivity contribution in [2.24, 2.45) is 0 Å². The lowest BCUT2D eigenvalue weighted by Gasteiger charge is -2.23. The van der Waals surface area contributed by atoms with Crippen molar-refractivity contribution in [3.63, 3.8) is 0 Å². The average molecular weight is 694 g/mol. The zero-order valence-electron chi connectivity index (χ0n) is 29.5. The fourth-order valence-corrected chi connectivity index (χ4v) is 7.96. The monoisotopic (exact) mass is 693 g/mol. The van der Waals surface area contributed by atoms with Gasteiger partial charge in [-0.15, -0.1) is 0 Å². The molecule has 54 heavy (non-hydrogen) atoms. The van der Waals surface area contributed by atoms with Gasteiger partial charge in [0, 0.05) is 34.4 Å². The molecule has 0 saturated carbocycles. The van der Waals surface area contributed by atoms with E-state index in [-0.39, 0.29) is 0 Å². The number of hydrogen-bond donors (Lipinski definition) is 0. The first-order valence-corrected chi connectivity index (χ1v) is 18.3. The van der Waals surface area contributed by atoms with E-state index in [1.54, 1.807) is 0 Å². The third kappa shape index (κ3) is 5.42. The van der Waals surface area contributed by atoms with Crippen molar-refractivity contribution in [2.75, 3.05) is 16.5 Å². The fraction of sp³-hybridized carbons (Fsp3) is 0.0204. The van der Waals surface area contributed by atoms with Gasteiger partial charge < -0.3 is 9.80 Å². The Morgan fingerprint density at radius 3 is 1.72 bits per heavy atom. The molecule has 1 aliphatic heterocycles. The molecule has 0 saturated heterocycles. The van der Waals surface area contributed by atoms with E-state index in [4.69, 9.17) is 9.97 Å². The summed E-state index contributed by atoms with van der Waals surface area (Å²) >= 11 is 0. The number of fused-ring (bicyclic) bond motifs is 4. The van der Waals surface area contributed by atoms with E-state index in [2.05, 4.69) is 184 Å². The molecule has 5 nitrogen and oxygen atoms in total. The zero-order valence-corrected chi connectivity index (χ0v) is 29.5. The molecule has 0 spiro atoms. The summed E-state index contributed by atoms with van der Waals surface area (Å²) in [5, 5.41) is 2.38. The zero-order chi connectivity index (χ0) is 35.8. The summed E-state index contributed by atoms with van der Waals surface area (Å²) in [6.45, 7) is 0.675. The van der Waals surface area contributed by atoms with Gasteiger partial charge in [0.1, 0.15) is 12.5 Å². The SMILES string of the molecule is c1ccc(C(=C(c2cncc(N3CN(c4ccccc4)c4ccccc43)c2)c2ccc3c4ccccc4n(-c4ccccn4)c3c2)c2ccccc2)cc1. The number of nitrogens with zero attached hydrogens (tertiary/aromatic N) is 5. The van der Waals surface area contributed by atoms with Crippen LogP contribution in [0.2, 0.25) is 0 Å². The molecule has 1 aliphatic rings. The van der Waals surface area contributed by atoms with Crippen LogP contribution in [0.25, 0.3) is 38.8 Å². The maximum atomic E-state index is 4.97. The summed E-state index contributed by atoms with van der Waals surface area (Å²) in [5.41, 5.74) is 13.4. The van der Waals surface area contributed by atoms with E-state index in [0.29, 0.717) is 6.67 Å². The van der Waals surface area contributed by atoms with Crippen LogP contribution in [0.4, 0.5) is 22.7 Å². The quantitative estimate of drug-likeness (QED) is 0.156. The molecule has 10 rings (SSSR count). The number of hydrogen-bond acceptors (Lipinski definition) is 4. The Morgan fingerprint density at radius 1 is 0.426 bits per heavy atom. The predicted molar refractivity (Wildman–Crippen MR) is 223 cm³/mol. The van der Waals surface area contributed by atoms with E-state index in [1.165, 1.54) is 16.5 Å². The molecule has 0 bridgehead atoms. The second-order valence-corrected chi connectivity index (χ2v) is 13.5. The van der Waals surface area contributed by atoms with Gasteiger partial charge in [-0.25, -0.2) is 4.98 Å². The highest BCUT2D eigenvalue weighted by molar-refractivity contribution is 6.12. The third-order valence-electron chi connectivity index (χ3n) is 10.4. The van der Waals surface area contributed by atoms with Crippen LogP contribution < -0.4 is 9.80 Å². The molecular formula is C49H35N5. The van der Waals surface area contributed by atoms with Crippen LogP contribution in [-0.4, -0.2) is 21.2 Å². The number of anilines is 4. The van der Waals surface area contributed by atoms with Gasteiger partial charge in [-0.05, 0) is 82.4 Å². The largest absolute Gasteiger partial charge is 0.321 e. The van der Waals surface area contributed by atoms with Gasteiger partial charge in [0.05, 0.1) is 34.3 Å². The Balaban J connectivity index is 1.22. The lowest BCUT2D eigenvalue weighted by Crippen LogP contribution is -2.24. The van der Waals surface area contributed by atoms with Gasteiger partial charge in [-0.1, -0.05) is 127 Å². The van der Waals surface area contributed by atoms with Crippen LogP contribution in [0.15, 0.2) is 201 Å². The molecule has 0 fully saturated rings. The van der Waals surface area contributed by atoms with E-state index in [0.717, 1.165) is 67.3 Å². The van der Waals surface area contributed by atoms with Crippen molar-refractivity contribution in [1.29, 1.82) is 0 Å². The summed E-state index contributed by atoms with van der Waals surface area (Å²) in [4.78, 5) is 14.5. The van der Waals surface area contributed by atoms with Gasteiger partial charge >= 0.3 is 0 Å². The minimum Gasteiger partial charge on any atom is -0.321 e. The maximum absolute atomic E-state index is 4.97.